The van der Waals surface area contributed by atoms with Gasteiger partial charge in [-0.3, -0.25) is 0 Å². The van der Waals surface area contributed by atoms with Crippen LogP contribution in [0.4, 0.5) is 0 Å². The first-order valence-corrected chi connectivity index (χ1v) is 0.753. The van der Waals surface area contributed by atoms with E-state index < -0.39 is 0 Å². The van der Waals surface area contributed by atoms with Gasteiger partial charge >= 0.3 is 58.8 Å². The summed E-state index contributed by atoms with van der Waals surface area (Å²) in [7, 11) is 0. The predicted octanol–water partition coefficient (Wildman–Crippen LogP) is -5.89. The van der Waals surface area contributed by atoms with Crippen molar-refractivity contribution in [3.8, 4) is 0 Å². The van der Waals surface area contributed by atoms with Crippen LogP contribution < -0.4 is 37.7 Å². The molecule has 0 aromatic rings. The quantitative estimate of drug-likeness (QED) is 0.266. The van der Waals surface area contributed by atoms with Gasteiger partial charge in [-0.15, -0.1) is 0 Å². The van der Waals surface area contributed by atoms with E-state index in [9.17, 15) is 0 Å². The number of rotatable bonds is 0. The molecule has 0 amide bonds. The maximum absolute atomic E-state index is 8.19. The van der Waals surface area contributed by atoms with Crippen LogP contribution in [0.1, 0.15) is 2.85 Å². The summed E-state index contributed by atoms with van der Waals surface area (Å²) >= 11 is 1.06. The molecule has 0 aliphatic carbocycles. The van der Waals surface area contributed by atoms with E-state index in [0.29, 0.717) is 0 Å². The van der Waals surface area contributed by atoms with E-state index in [1.165, 1.54) is 0 Å². The van der Waals surface area contributed by atoms with Crippen LogP contribution in [0.25, 0.3) is 0 Å². The molecule has 0 N–H and O–H groups in total. The summed E-state index contributed by atoms with van der Waals surface area (Å²) in [5.41, 5.74) is 0. The van der Waals surface area contributed by atoms with Gasteiger partial charge in [0.2, 0.25) is 0 Å². The van der Waals surface area contributed by atoms with Gasteiger partial charge in [-0.1, -0.05) is 0 Å². The molecule has 4 heteroatoms. The molecule has 0 saturated carbocycles. The number of hydrogen-bond acceptors (Lipinski definition) is 1. The molecule has 4 heavy (non-hydrogen) atoms. The third kappa shape index (κ3) is 9.55. The minimum atomic E-state index is 0. The van der Waals surface area contributed by atoms with Gasteiger partial charge in [-0.2, -0.15) is 0 Å². The van der Waals surface area contributed by atoms with Crippen LogP contribution in [0, 0.1) is 0 Å². The van der Waals surface area contributed by atoms with Crippen molar-refractivity contribution in [2.45, 2.75) is 0 Å². The van der Waals surface area contributed by atoms with Crippen LogP contribution in [0.5, 0.6) is 0 Å². The Morgan fingerprint density at radius 1 is 1.25 bits per heavy atom. The van der Waals surface area contributed by atoms with Gasteiger partial charge in [0, 0.05) is 0 Å². The molecule has 15 valence electrons. The van der Waals surface area contributed by atoms with Crippen LogP contribution in [-0.4, -0.2) is 0 Å². The van der Waals surface area contributed by atoms with Gasteiger partial charge in [0.05, 0.1) is 0 Å². The summed E-state index contributed by atoms with van der Waals surface area (Å²) in [5.74, 6) is 0. The second-order valence-corrected chi connectivity index (χ2v) is 0. The first kappa shape index (κ1) is 17.6. The van der Waals surface area contributed by atoms with Gasteiger partial charge in [-0.05, 0) is 0 Å². The van der Waals surface area contributed by atoms with Gasteiger partial charge in [0.1, 0.15) is 0 Å². The molecule has 0 aromatic carbocycles. The molecule has 0 aliphatic rings. The Morgan fingerprint density at radius 3 is 1.25 bits per heavy atom. The zero-order chi connectivity index (χ0) is 2.00. The van der Waals surface area contributed by atoms with E-state index in [1.807, 2.05) is 0 Å². The SMILES string of the molecule is [H-].[H-].[Li+].[Li+].[O]=[V]. The summed E-state index contributed by atoms with van der Waals surface area (Å²) in [5, 5.41) is 0. The zero-order valence-corrected chi connectivity index (χ0v) is 4.25. The molecule has 0 radical (unpaired) electrons. The Bertz CT molecular complexity index is 11.5. The van der Waals surface area contributed by atoms with E-state index in [-0.39, 0.29) is 40.6 Å². The Balaban J connectivity index is -0.000000000833. The fraction of sp³-hybridized carbons (Fsp3) is 0. The second kappa shape index (κ2) is 23.5. The molecule has 0 fully saturated rings. The van der Waals surface area contributed by atoms with Gasteiger partial charge in [-0.25, -0.2) is 0 Å². The molecular weight excluding hydrogens is 80.8 g/mol. The third-order valence-electron chi connectivity index (χ3n) is 0. The summed E-state index contributed by atoms with van der Waals surface area (Å²) in [6, 6.07) is 0. The molecule has 0 unspecified atom stereocenters. The molecule has 0 bridgehead atoms. The Hall–Kier alpha value is 1.58. The van der Waals surface area contributed by atoms with Crippen molar-refractivity contribution in [2.24, 2.45) is 0 Å². The van der Waals surface area contributed by atoms with Crippen molar-refractivity contribution in [3.05, 3.63) is 0 Å². The third-order valence-corrected chi connectivity index (χ3v) is 0. The first-order valence-electron chi connectivity index (χ1n) is 0.183. The molecule has 0 aliphatic heterocycles. The average Bonchev–Trinajstić information content (AvgIpc) is 1.00. The Kier molecular flexibility index (Phi) is 103. The molecule has 0 aromatic heterocycles. The molecular formula is H2Li2OV. The van der Waals surface area contributed by atoms with E-state index in [0.717, 1.165) is 17.4 Å². The van der Waals surface area contributed by atoms with Gasteiger partial charge < -0.3 is 2.85 Å². The molecule has 0 spiro atoms. The Morgan fingerprint density at radius 2 is 1.25 bits per heavy atom. The topological polar surface area (TPSA) is 17.1 Å². The molecule has 0 saturated heterocycles. The van der Waals surface area contributed by atoms with Gasteiger partial charge in [0.15, 0.2) is 0 Å². The van der Waals surface area contributed by atoms with Crippen molar-refractivity contribution < 1.29 is 61.6 Å². The van der Waals surface area contributed by atoms with Crippen LogP contribution >= 0.6 is 0 Å². The van der Waals surface area contributed by atoms with Crippen molar-refractivity contribution in [2.75, 3.05) is 0 Å². The summed E-state index contributed by atoms with van der Waals surface area (Å²) in [6.07, 6.45) is 0. The monoisotopic (exact) mass is 83.0 g/mol. The summed E-state index contributed by atoms with van der Waals surface area (Å²) < 4.78 is 8.19. The van der Waals surface area contributed by atoms with E-state index in [2.05, 4.69) is 0 Å². The van der Waals surface area contributed by atoms with E-state index >= 15 is 0 Å². The van der Waals surface area contributed by atoms with Crippen LogP contribution in [0.3, 0.4) is 0 Å². The second-order valence-electron chi connectivity index (χ2n) is 0. The molecule has 0 heterocycles. The van der Waals surface area contributed by atoms with E-state index in [1.54, 1.807) is 0 Å². The average molecular weight is 82.8 g/mol. The summed E-state index contributed by atoms with van der Waals surface area (Å²) in [4.78, 5) is 0. The first-order chi connectivity index (χ1) is 1.00. The minimum absolute atomic E-state index is 0. The predicted molar refractivity (Wildman–Crippen MR) is 2.91 cm³/mol. The molecule has 1 nitrogen and oxygen atoms in total. The van der Waals surface area contributed by atoms with Crippen molar-refractivity contribution >= 4 is 0 Å². The van der Waals surface area contributed by atoms with Crippen LogP contribution in [-0.2, 0) is 21.0 Å². The molecule has 0 rings (SSSR count). The normalized spacial score (nSPS) is 0.750. The fourth-order valence-corrected chi connectivity index (χ4v) is 0. The van der Waals surface area contributed by atoms with Crippen molar-refractivity contribution in [1.29, 1.82) is 0 Å². The maximum atomic E-state index is 8.19. The van der Waals surface area contributed by atoms with Crippen LogP contribution in [0.2, 0.25) is 0 Å². The van der Waals surface area contributed by atoms with Crippen molar-refractivity contribution in [3.63, 3.8) is 0 Å². The van der Waals surface area contributed by atoms with Crippen molar-refractivity contribution in [1.82, 2.24) is 0 Å². The summed E-state index contributed by atoms with van der Waals surface area (Å²) in [6.45, 7) is 0. The Labute approximate surface area is 61.4 Å². The number of hydrogen-bond donors (Lipinski definition) is 0. The van der Waals surface area contributed by atoms with Gasteiger partial charge in [0.25, 0.3) is 0 Å². The standard InChI is InChI=1S/2Li.O.V.2H/q2*+1;;;2*-1. The molecule has 0 atom stereocenters. The van der Waals surface area contributed by atoms with Crippen LogP contribution in [0.15, 0.2) is 0 Å². The zero-order valence-electron chi connectivity index (χ0n) is 4.86. The fourth-order valence-electron chi connectivity index (χ4n) is 0. The van der Waals surface area contributed by atoms with E-state index in [4.69, 9.17) is 3.67 Å².